The zero-order chi connectivity index (χ0) is 15.6. The van der Waals surface area contributed by atoms with Crippen molar-refractivity contribution in [2.24, 2.45) is 0 Å². The Bertz CT molecular complexity index is 740. The van der Waals surface area contributed by atoms with E-state index < -0.39 is 32.1 Å². The van der Waals surface area contributed by atoms with Crippen LogP contribution in [0.5, 0.6) is 0 Å². The Morgan fingerprint density at radius 2 is 1.76 bits per heavy atom. The Morgan fingerprint density at radius 3 is 2.29 bits per heavy atom. The normalized spacial score (nSPS) is 10.3. The lowest BCUT2D eigenvalue weighted by Crippen LogP contribution is -2.05. The number of non-ortho nitro benzene ring substituents is 1. The van der Waals surface area contributed by atoms with E-state index in [9.17, 15) is 30.3 Å². The van der Waals surface area contributed by atoms with Gasteiger partial charge in [-0.25, -0.2) is 0 Å². The maximum atomic E-state index is 10.9. The molecular weight excluding hydrogens is 288 g/mol. The molecule has 0 fully saturated rings. The van der Waals surface area contributed by atoms with Gasteiger partial charge < -0.3 is 10.1 Å². The van der Waals surface area contributed by atoms with Gasteiger partial charge in [0, 0.05) is 11.2 Å². The first-order valence-electron chi connectivity index (χ1n) is 5.34. The summed E-state index contributed by atoms with van der Waals surface area (Å²) in [5, 5.41) is 35.5. The molecule has 12 heteroatoms. The van der Waals surface area contributed by atoms with E-state index in [1.54, 1.807) is 0 Å². The highest BCUT2D eigenvalue weighted by Crippen LogP contribution is 2.25. The Morgan fingerprint density at radius 1 is 1.05 bits per heavy atom. The van der Waals surface area contributed by atoms with Gasteiger partial charge in [-0.1, -0.05) is 4.98 Å². The predicted molar refractivity (Wildman–Crippen MR) is 65.5 cm³/mol. The van der Waals surface area contributed by atoms with Crippen molar-refractivity contribution in [2.75, 3.05) is 0 Å². The van der Waals surface area contributed by atoms with Crippen molar-refractivity contribution in [3.05, 3.63) is 60.4 Å². The largest absolute Gasteiger partial charge is 0.490 e. The summed E-state index contributed by atoms with van der Waals surface area (Å²) in [6.45, 7) is -0.171. The van der Waals surface area contributed by atoms with Gasteiger partial charge in [-0.3, -0.25) is 20.2 Å². The summed E-state index contributed by atoms with van der Waals surface area (Å²) in [6, 6.07) is 3.12. The molecule has 0 aliphatic rings. The lowest BCUT2D eigenvalue weighted by molar-refractivity contribution is -0.395. The quantitative estimate of drug-likeness (QED) is 0.583. The van der Waals surface area contributed by atoms with Gasteiger partial charge in [-0.2, -0.15) is 4.68 Å². The van der Waals surface area contributed by atoms with Gasteiger partial charge in [-0.15, -0.1) is 0 Å². The minimum Gasteiger partial charge on any atom is -0.390 e. The number of rotatable bonds is 5. The Kier molecular flexibility index (Phi) is 3.51. The summed E-state index contributed by atoms with van der Waals surface area (Å²) in [5.41, 5.74) is -0.775. The number of aromatic nitrogens is 3. The molecule has 0 N–H and O–H groups in total. The van der Waals surface area contributed by atoms with Crippen LogP contribution in [0.4, 0.5) is 17.3 Å². The Labute approximate surface area is 115 Å². The maximum absolute atomic E-state index is 10.9. The minimum atomic E-state index is -0.805. The molecule has 2 rings (SSSR count). The molecule has 1 aromatic carbocycles. The third-order valence-electron chi connectivity index (χ3n) is 2.50. The van der Waals surface area contributed by atoms with E-state index in [1.165, 1.54) is 6.07 Å². The van der Waals surface area contributed by atoms with Gasteiger partial charge >= 0.3 is 5.95 Å². The highest BCUT2D eigenvalue weighted by atomic mass is 16.6. The van der Waals surface area contributed by atoms with Crippen LogP contribution in [-0.2, 0) is 6.54 Å². The van der Waals surface area contributed by atoms with Crippen LogP contribution in [0.15, 0.2) is 24.5 Å². The van der Waals surface area contributed by atoms with Crippen molar-refractivity contribution in [1.29, 1.82) is 0 Å². The van der Waals surface area contributed by atoms with Crippen molar-refractivity contribution < 1.29 is 14.8 Å². The molecular formula is C9H6N6O6. The summed E-state index contributed by atoms with van der Waals surface area (Å²) < 4.78 is 1.03. The van der Waals surface area contributed by atoms with Gasteiger partial charge in [0.2, 0.25) is 6.33 Å². The van der Waals surface area contributed by atoms with Crippen LogP contribution in [0.1, 0.15) is 5.56 Å². The average Bonchev–Trinajstić information content (AvgIpc) is 2.87. The molecule has 0 aliphatic carbocycles. The fraction of sp³-hybridized carbons (Fsp3) is 0.111. The fourth-order valence-corrected chi connectivity index (χ4v) is 1.59. The van der Waals surface area contributed by atoms with Crippen LogP contribution in [0.2, 0.25) is 0 Å². The van der Waals surface area contributed by atoms with E-state index in [0.29, 0.717) is 0 Å². The molecule has 0 amide bonds. The Hall–Kier alpha value is -3.44. The molecule has 0 spiro atoms. The van der Waals surface area contributed by atoms with Gasteiger partial charge in [0.15, 0.2) is 0 Å². The van der Waals surface area contributed by atoms with Crippen molar-refractivity contribution in [1.82, 2.24) is 14.8 Å². The van der Waals surface area contributed by atoms with Crippen LogP contribution in [0.25, 0.3) is 0 Å². The Balaban J connectivity index is 2.36. The maximum Gasteiger partial charge on any atom is 0.490 e. The molecule has 108 valence electrons. The van der Waals surface area contributed by atoms with E-state index in [0.717, 1.165) is 23.1 Å². The van der Waals surface area contributed by atoms with Gasteiger partial charge in [-0.05, 0) is 11.0 Å². The zero-order valence-corrected chi connectivity index (χ0v) is 10.1. The number of nitro benzene ring substituents is 2. The van der Waals surface area contributed by atoms with E-state index in [1.807, 2.05) is 0 Å². The molecule has 2 aromatic rings. The lowest BCUT2D eigenvalue weighted by Gasteiger charge is -2.00. The van der Waals surface area contributed by atoms with E-state index in [-0.39, 0.29) is 12.1 Å². The smallest absolute Gasteiger partial charge is 0.390 e. The van der Waals surface area contributed by atoms with E-state index >= 15 is 0 Å². The standard InChI is InChI=1S/C9H6N6O6/c16-13(17)7-2-1-6(8(3-7)14(18)19)4-12-5-10-9(11-12)15(20)21/h1-3,5H,4H2. The monoisotopic (exact) mass is 294 g/mol. The fourth-order valence-electron chi connectivity index (χ4n) is 1.59. The van der Waals surface area contributed by atoms with Crippen LogP contribution in [-0.4, -0.2) is 29.5 Å². The molecule has 0 unspecified atom stereocenters. The molecule has 21 heavy (non-hydrogen) atoms. The van der Waals surface area contributed by atoms with Crippen molar-refractivity contribution in [2.45, 2.75) is 6.54 Å². The first kappa shape index (κ1) is 14.0. The average molecular weight is 294 g/mol. The number of hydrogen-bond acceptors (Lipinski definition) is 8. The summed E-state index contributed by atoms with van der Waals surface area (Å²) in [7, 11) is 0. The van der Waals surface area contributed by atoms with Gasteiger partial charge in [0.25, 0.3) is 11.4 Å². The first-order chi connectivity index (χ1) is 9.88. The van der Waals surface area contributed by atoms with Crippen molar-refractivity contribution in [3.8, 4) is 0 Å². The van der Waals surface area contributed by atoms with Crippen LogP contribution >= 0.6 is 0 Å². The zero-order valence-electron chi connectivity index (χ0n) is 10.1. The lowest BCUT2D eigenvalue weighted by atomic mass is 10.1. The number of nitro groups is 3. The second-order valence-corrected chi connectivity index (χ2v) is 3.83. The van der Waals surface area contributed by atoms with Crippen molar-refractivity contribution >= 4 is 17.3 Å². The highest BCUT2D eigenvalue weighted by Gasteiger charge is 2.21. The van der Waals surface area contributed by atoms with Crippen LogP contribution in [0, 0.1) is 30.3 Å². The summed E-state index contributed by atoms with van der Waals surface area (Å²) >= 11 is 0. The topological polar surface area (TPSA) is 160 Å². The van der Waals surface area contributed by atoms with Crippen molar-refractivity contribution in [3.63, 3.8) is 0 Å². The molecule has 0 bridgehead atoms. The van der Waals surface area contributed by atoms with Crippen LogP contribution in [0.3, 0.4) is 0 Å². The second-order valence-electron chi connectivity index (χ2n) is 3.83. The minimum absolute atomic E-state index is 0.116. The molecule has 0 atom stereocenters. The SMILES string of the molecule is O=[N+]([O-])c1ccc(Cn2cnc([N+](=O)[O-])n2)c([N+](=O)[O-])c1. The van der Waals surface area contributed by atoms with Gasteiger partial charge in [0.1, 0.15) is 0 Å². The number of hydrogen-bond donors (Lipinski definition) is 0. The molecule has 0 saturated carbocycles. The summed E-state index contributed by atoms with van der Waals surface area (Å²) in [4.78, 5) is 33.1. The van der Waals surface area contributed by atoms with E-state index in [4.69, 9.17) is 0 Å². The highest BCUT2D eigenvalue weighted by molar-refractivity contribution is 5.49. The number of benzene rings is 1. The summed E-state index contributed by atoms with van der Waals surface area (Å²) in [6.07, 6.45) is 1.04. The molecule has 12 nitrogen and oxygen atoms in total. The van der Waals surface area contributed by atoms with E-state index in [2.05, 4.69) is 10.1 Å². The second kappa shape index (κ2) is 5.28. The first-order valence-corrected chi connectivity index (χ1v) is 5.34. The predicted octanol–water partition coefficient (Wildman–Crippen LogP) is 1.05. The molecule has 0 radical (unpaired) electrons. The molecule has 0 saturated heterocycles. The third-order valence-corrected chi connectivity index (χ3v) is 2.50. The van der Waals surface area contributed by atoms with Gasteiger partial charge in [0.05, 0.1) is 28.0 Å². The third kappa shape index (κ3) is 2.94. The number of nitrogens with zero attached hydrogens (tertiary/aromatic N) is 6. The molecule has 1 heterocycles. The molecule has 1 aromatic heterocycles. The molecule has 0 aliphatic heterocycles. The summed E-state index contributed by atoms with van der Waals surface area (Å²) in [5.74, 6) is -0.639. The van der Waals surface area contributed by atoms with Crippen LogP contribution < -0.4 is 0 Å².